The highest BCUT2D eigenvalue weighted by Gasteiger charge is 2.08. The van der Waals surface area contributed by atoms with E-state index in [9.17, 15) is 0 Å². The highest BCUT2D eigenvalue weighted by atomic mass is 14.1. The van der Waals surface area contributed by atoms with Crippen LogP contribution in [-0.2, 0) is 6.42 Å². The number of hydrogen-bond acceptors (Lipinski definition) is 0. The third kappa shape index (κ3) is 4.22. The van der Waals surface area contributed by atoms with Crippen LogP contribution in [0.5, 0.6) is 0 Å². The van der Waals surface area contributed by atoms with Gasteiger partial charge < -0.3 is 0 Å². The summed E-state index contributed by atoms with van der Waals surface area (Å²) in [6, 6.07) is 19.3. The zero-order chi connectivity index (χ0) is 15.9. The quantitative estimate of drug-likeness (QED) is 0.580. The van der Waals surface area contributed by atoms with Gasteiger partial charge in [0.05, 0.1) is 0 Å². The summed E-state index contributed by atoms with van der Waals surface area (Å²) in [5.41, 5.74) is 7.43. The minimum atomic E-state index is 1.17. The molecule has 2 aliphatic rings. The van der Waals surface area contributed by atoms with Crippen LogP contribution in [0.2, 0.25) is 0 Å². The molecule has 0 heterocycles. The second-order valence-electron chi connectivity index (χ2n) is 6.37. The van der Waals surface area contributed by atoms with Gasteiger partial charge in [-0.25, -0.2) is 0 Å². The van der Waals surface area contributed by atoms with Crippen molar-refractivity contribution in [2.45, 2.75) is 45.4 Å². The molecule has 0 N–H and O–H groups in total. The first kappa shape index (κ1) is 15.8. The van der Waals surface area contributed by atoms with Crippen molar-refractivity contribution in [2.24, 2.45) is 0 Å². The molecule has 23 heavy (non-hydrogen) atoms. The predicted molar refractivity (Wildman–Crippen MR) is 101 cm³/mol. The lowest BCUT2D eigenvalue weighted by molar-refractivity contribution is 0.742. The van der Waals surface area contributed by atoms with Crippen molar-refractivity contribution in [3.05, 3.63) is 82.9 Å². The maximum absolute atomic E-state index is 2.39. The number of fused-ring (bicyclic) bond motifs is 1. The molecule has 0 atom stereocenters. The largest absolute Gasteiger partial charge is 0.0807 e. The molecule has 0 bridgehead atoms. The van der Waals surface area contributed by atoms with Gasteiger partial charge in [-0.05, 0) is 60.8 Å². The second-order valence-corrected chi connectivity index (χ2v) is 6.37. The monoisotopic (exact) mass is 302 g/mol. The van der Waals surface area contributed by atoms with Crippen LogP contribution in [0.25, 0.3) is 11.6 Å². The topological polar surface area (TPSA) is 0 Å². The first-order valence-electron chi connectivity index (χ1n) is 8.88. The smallest absolute Gasteiger partial charge is 0.00579 e. The van der Waals surface area contributed by atoms with Crippen LogP contribution >= 0.6 is 0 Å². The molecule has 0 nitrogen and oxygen atoms in total. The average molecular weight is 302 g/mol. The molecule has 0 aromatic heterocycles. The molecule has 0 amide bonds. The summed E-state index contributed by atoms with van der Waals surface area (Å²) in [5, 5.41) is 0. The fourth-order valence-electron chi connectivity index (χ4n) is 3.33. The Morgan fingerprint density at radius 2 is 1.65 bits per heavy atom. The number of allylic oxidation sites excluding steroid dienone is 3. The van der Waals surface area contributed by atoms with Crippen molar-refractivity contribution in [1.82, 2.24) is 0 Å². The third-order valence-electron chi connectivity index (χ3n) is 4.72. The van der Waals surface area contributed by atoms with E-state index in [2.05, 4.69) is 73.7 Å². The average Bonchev–Trinajstić information content (AvgIpc) is 3.07. The molecule has 0 heteroatoms. The summed E-state index contributed by atoms with van der Waals surface area (Å²) in [6.45, 7) is 2.22. The van der Waals surface area contributed by atoms with Gasteiger partial charge in [0, 0.05) is 0 Å². The van der Waals surface area contributed by atoms with E-state index in [1.54, 1.807) is 11.1 Å². The summed E-state index contributed by atoms with van der Waals surface area (Å²) in [5.74, 6) is 0. The molecule has 2 aromatic carbocycles. The Bertz CT molecular complexity index is 689. The Morgan fingerprint density at radius 1 is 0.870 bits per heavy atom. The van der Waals surface area contributed by atoms with Gasteiger partial charge in [-0.1, -0.05) is 79.2 Å². The molecular formula is C23H26. The van der Waals surface area contributed by atoms with E-state index in [0.29, 0.717) is 0 Å². The van der Waals surface area contributed by atoms with E-state index in [1.807, 2.05) is 0 Å². The van der Waals surface area contributed by atoms with Crippen molar-refractivity contribution in [3.63, 3.8) is 0 Å². The van der Waals surface area contributed by atoms with Crippen LogP contribution in [0.3, 0.4) is 0 Å². The molecule has 0 aliphatic heterocycles. The molecule has 2 aromatic rings. The Morgan fingerprint density at radius 3 is 2.35 bits per heavy atom. The van der Waals surface area contributed by atoms with Crippen molar-refractivity contribution in [2.75, 3.05) is 0 Å². The summed E-state index contributed by atoms with van der Waals surface area (Å²) in [4.78, 5) is 0. The molecule has 2 aliphatic carbocycles. The minimum absolute atomic E-state index is 1.17. The molecule has 0 fully saturated rings. The lowest BCUT2D eigenvalue weighted by Crippen LogP contribution is -1.90. The molecule has 0 radical (unpaired) electrons. The predicted octanol–water partition coefficient (Wildman–Crippen LogP) is 6.68. The minimum Gasteiger partial charge on any atom is -0.0807 e. The van der Waals surface area contributed by atoms with Gasteiger partial charge in [-0.15, -0.1) is 0 Å². The Labute approximate surface area is 140 Å². The van der Waals surface area contributed by atoms with E-state index >= 15 is 0 Å². The van der Waals surface area contributed by atoms with Gasteiger partial charge in [0.25, 0.3) is 0 Å². The maximum atomic E-state index is 2.39. The van der Waals surface area contributed by atoms with Crippen LogP contribution in [0, 0.1) is 0 Å². The number of hydrogen-bond donors (Lipinski definition) is 0. The van der Waals surface area contributed by atoms with Gasteiger partial charge in [0.1, 0.15) is 0 Å². The lowest BCUT2D eigenvalue weighted by atomic mass is 9.94. The molecule has 0 unspecified atom stereocenters. The van der Waals surface area contributed by atoms with Crippen LogP contribution < -0.4 is 0 Å². The Balaban J connectivity index is 0.000000136. The fourth-order valence-corrected chi connectivity index (χ4v) is 3.33. The molecule has 4 rings (SSSR count). The highest BCUT2D eigenvalue weighted by Crippen LogP contribution is 2.26. The molecule has 0 spiro atoms. The summed E-state index contributed by atoms with van der Waals surface area (Å²) in [7, 11) is 0. The first-order valence-corrected chi connectivity index (χ1v) is 8.88. The summed E-state index contributed by atoms with van der Waals surface area (Å²) in [6.07, 6.45) is 12.3. The fraction of sp³-hybridized carbons (Fsp3) is 0.304. The van der Waals surface area contributed by atoms with Crippen LogP contribution in [0.15, 0.2) is 66.2 Å². The van der Waals surface area contributed by atoms with Gasteiger partial charge in [0.15, 0.2) is 0 Å². The SMILES string of the molecule is C1=C(c2ccccc2)CCCC1.CCC1=Cc2ccccc2C1. The van der Waals surface area contributed by atoms with Gasteiger partial charge in [0.2, 0.25) is 0 Å². The van der Waals surface area contributed by atoms with Crippen LogP contribution in [0.4, 0.5) is 0 Å². The van der Waals surface area contributed by atoms with Crippen LogP contribution in [-0.4, -0.2) is 0 Å². The van der Waals surface area contributed by atoms with Gasteiger partial charge in [-0.2, -0.15) is 0 Å². The Hall–Kier alpha value is -2.08. The number of rotatable bonds is 2. The van der Waals surface area contributed by atoms with Crippen molar-refractivity contribution < 1.29 is 0 Å². The third-order valence-corrected chi connectivity index (χ3v) is 4.72. The van der Waals surface area contributed by atoms with E-state index in [-0.39, 0.29) is 0 Å². The molecule has 118 valence electrons. The van der Waals surface area contributed by atoms with Crippen molar-refractivity contribution >= 4 is 11.6 Å². The van der Waals surface area contributed by atoms with Crippen LogP contribution in [0.1, 0.15) is 55.7 Å². The van der Waals surface area contributed by atoms with Crippen molar-refractivity contribution in [3.8, 4) is 0 Å². The number of benzene rings is 2. The summed E-state index contributed by atoms with van der Waals surface area (Å²) < 4.78 is 0. The zero-order valence-corrected chi connectivity index (χ0v) is 14.1. The highest BCUT2D eigenvalue weighted by molar-refractivity contribution is 5.66. The first-order chi connectivity index (χ1) is 11.4. The normalized spacial score (nSPS) is 15.9. The van der Waals surface area contributed by atoms with Crippen molar-refractivity contribution in [1.29, 1.82) is 0 Å². The van der Waals surface area contributed by atoms with E-state index < -0.39 is 0 Å². The maximum Gasteiger partial charge on any atom is -0.00579 e. The van der Waals surface area contributed by atoms with Gasteiger partial charge in [-0.3, -0.25) is 0 Å². The standard InChI is InChI=1S/C12H14.C11H12/c1-3-7-11(8-4-1)12-9-5-2-6-10-12;1-2-9-7-10-5-3-4-6-11(10)8-9/h1,3-4,7-9H,2,5-6,10H2;3-7H,2,8H2,1H3. The second kappa shape index (κ2) is 7.97. The molecule has 0 saturated heterocycles. The zero-order valence-electron chi connectivity index (χ0n) is 14.1. The molecule has 0 saturated carbocycles. The molecular weight excluding hydrogens is 276 g/mol. The van der Waals surface area contributed by atoms with E-state index in [1.165, 1.54) is 55.2 Å². The van der Waals surface area contributed by atoms with E-state index in [4.69, 9.17) is 0 Å². The van der Waals surface area contributed by atoms with E-state index in [0.717, 1.165) is 0 Å². The van der Waals surface area contributed by atoms with Gasteiger partial charge >= 0.3 is 0 Å². The Kier molecular flexibility index (Phi) is 5.47. The lowest BCUT2D eigenvalue weighted by Gasteiger charge is -2.12. The summed E-state index contributed by atoms with van der Waals surface area (Å²) >= 11 is 0.